The van der Waals surface area contributed by atoms with E-state index in [2.05, 4.69) is 5.32 Å². The van der Waals surface area contributed by atoms with E-state index in [4.69, 9.17) is 16.3 Å². The number of nitrogens with one attached hydrogen (secondary N) is 1. The van der Waals surface area contributed by atoms with Crippen LogP contribution in [-0.2, 0) is 16.2 Å². The summed E-state index contributed by atoms with van der Waals surface area (Å²) >= 11 is 6.28. The van der Waals surface area contributed by atoms with Crippen LogP contribution < -0.4 is 15.0 Å². The molecule has 0 aromatic heterocycles. The van der Waals surface area contributed by atoms with Gasteiger partial charge in [0, 0.05) is 16.1 Å². The summed E-state index contributed by atoms with van der Waals surface area (Å²) in [7, 11) is 0. The monoisotopic (exact) mass is 482 g/mol. The van der Waals surface area contributed by atoms with E-state index in [1.165, 1.54) is 6.08 Å². The first-order valence-electron chi connectivity index (χ1n) is 10.9. The number of anilines is 1. The molecular formula is C28H19ClN2O4. The summed E-state index contributed by atoms with van der Waals surface area (Å²) in [5, 5.41) is 4.54. The third kappa shape index (κ3) is 4.39. The molecule has 1 saturated heterocycles. The van der Waals surface area contributed by atoms with Gasteiger partial charge in [0.25, 0.3) is 11.8 Å². The van der Waals surface area contributed by atoms with Gasteiger partial charge in [-0.15, -0.1) is 0 Å². The molecule has 1 fully saturated rings. The zero-order valence-electron chi connectivity index (χ0n) is 18.4. The molecule has 7 heteroatoms. The summed E-state index contributed by atoms with van der Waals surface area (Å²) in [5.41, 5.74) is 1.54. The number of amides is 4. The lowest BCUT2D eigenvalue weighted by molar-refractivity contribution is -0.122. The molecule has 1 aliphatic rings. The highest BCUT2D eigenvalue weighted by atomic mass is 35.5. The first kappa shape index (κ1) is 22.4. The standard InChI is InChI=1S/C28H19ClN2O4/c29-24-13-7-5-9-19(24)17-35-25-15-14-18-8-4-6-12-21(18)22(25)16-23-26(32)30-28(34)31(27(23)33)20-10-2-1-3-11-20/h1-16H,17H2,(H,30,32,34)/b23-16+. The van der Waals surface area contributed by atoms with E-state index in [0.29, 0.717) is 22.0 Å². The molecule has 0 saturated carbocycles. The summed E-state index contributed by atoms with van der Waals surface area (Å²) in [6.07, 6.45) is 1.48. The fourth-order valence-electron chi connectivity index (χ4n) is 3.93. The van der Waals surface area contributed by atoms with Crippen LogP contribution in [0.25, 0.3) is 16.8 Å². The van der Waals surface area contributed by atoms with Gasteiger partial charge in [0.2, 0.25) is 0 Å². The molecule has 4 amide bonds. The first-order valence-corrected chi connectivity index (χ1v) is 11.2. The van der Waals surface area contributed by atoms with Crippen LogP contribution in [-0.4, -0.2) is 17.8 Å². The maximum atomic E-state index is 13.3. The number of halogens is 1. The van der Waals surface area contributed by atoms with Crippen molar-refractivity contribution in [2.24, 2.45) is 0 Å². The Morgan fingerprint density at radius 3 is 2.34 bits per heavy atom. The Morgan fingerprint density at radius 1 is 0.829 bits per heavy atom. The van der Waals surface area contributed by atoms with E-state index in [9.17, 15) is 14.4 Å². The Kier molecular flexibility index (Phi) is 6.04. The van der Waals surface area contributed by atoms with Crippen molar-refractivity contribution >= 4 is 52.0 Å². The number of benzene rings is 4. The molecule has 0 bridgehead atoms. The van der Waals surface area contributed by atoms with Crippen molar-refractivity contribution in [3.05, 3.63) is 113 Å². The highest BCUT2D eigenvalue weighted by Crippen LogP contribution is 2.32. The number of carbonyl (C=O) groups is 3. The van der Waals surface area contributed by atoms with Crippen LogP contribution in [0.3, 0.4) is 0 Å². The zero-order chi connectivity index (χ0) is 24.4. The third-order valence-corrected chi connectivity index (χ3v) is 6.05. The molecule has 1 N–H and O–H groups in total. The van der Waals surface area contributed by atoms with Gasteiger partial charge in [0.05, 0.1) is 5.69 Å². The van der Waals surface area contributed by atoms with Crippen LogP contribution in [0.15, 0.2) is 96.6 Å². The van der Waals surface area contributed by atoms with Gasteiger partial charge in [0.15, 0.2) is 0 Å². The second kappa shape index (κ2) is 9.44. The van der Waals surface area contributed by atoms with Crippen LogP contribution in [0.4, 0.5) is 10.5 Å². The van der Waals surface area contributed by atoms with Crippen LogP contribution in [0.1, 0.15) is 11.1 Å². The number of rotatable bonds is 5. The van der Waals surface area contributed by atoms with Gasteiger partial charge in [0.1, 0.15) is 17.9 Å². The van der Waals surface area contributed by atoms with E-state index >= 15 is 0 Å². The normalized spacial score (nSPS) is 14.9. The Labute approximate surface area is 206 Å². The molecule has 0 unspecified atom stereocenters. The Balaban J connectivity index is 1.59. The lowest BCUT2D eigenvalue weighted by Crippen LogP contribution is -2.54. The van der Waals surface area contributed by atoms with Crippen molar-refractivity contribution in [3.8, 4) is 5.75 Å². The van der Waals surface area contributed by atoms with Crippen molar-refractivity contribution in [3.63, 3.8) is 0 Å². The minimum atomic E-state index is -0.795. The molecule has 4 aromatic rings. The summed E-state index contributed by atoms with van der Waals surface area (Å²) < 4.78 is 6.10. The quantitative estimate of drug-likeness (QED) is 0.291. The molecule has 0 aliphatic carbocycles. The SMILES string of the molecule is O=C1NC(=O)N(c2ccccc2)C(=O)/C1=C/c1c(OCc2ccccc2Cl)ccc2ccccc12. The van der Waals surface area contributed by atoms with E-state index in [-0.39, 0.29) is 12.2 Å². The van der Waals surface area contributed by atoms with Gasteiger partial charge in [-0.25, -0.2) is 9.69 Å². The molecule has 5 rings (SSSR count). The van der Waals surface area contributed by atoms with Gasteiger partial charge >= 0.3 is 6.03 Å². The Hall–Kier alpha value is -4.42. The molecular weight excluding hydrogens is 464 g/mol. The summed E-state index contributed by atoms with van der Waals surface area (Å²) in [5.74, 6) is -1.01. The van der Waals surface area contributed by atoms with E-state index in [1.807, 2.05) is 48.5 Å². The fraction of sp³-hybridized carbons (Fsp3) is 0.0357. The molecule has 0 radical (unpaired) electrons. The molecule has 0 spiro atoms. The second-order valence-electron chi connectivity index (χ2n) is 7.87. The van der Waals surface area contributed by atoms with Crippen LogP contribution in [0, 0.1) is 0 Å². The maximum Gasteiger partial charge on any atom is 0.335 e. The van der Waals surface area contributed by atoms with E-state index in [1.54, 1.807) is 42.5 Å². The fourth-order valence-corrected chi connectivity index (χ4v) is 4.12. The highest BCUT2D eigenvalue weighted by Gasteiger charge is 2.37. The van der Waals surface area contributed by atoms with E-state index < -0.39 is 17.8 Å². The average Bonchev–Trinajstić information content (AvgIpc) is 2.87. The number of carbonyl (C=O) groups excluding carboxylic acids is 3. The number of fused-ring (bicyclic) bond motifs is 1. The second-order valence-corrected chi connectivity index (χ2v) is 8.28. The van der Waals surface area contributed by atoms with Crippen molar-refractivity contribution < 1.29 is 19.1 Å². The topological polar surface area (TPSA) is 75.7 Å². The largest absolute Gasteiger partial charge is 0.488 e. The summed E-state index contributed by atoms with van der Waals surface area (Å²) in [4.78, 5) is 39.5. The predicted molar refractivity (Wildman–Crippen MR) is 135 cm³/mol. The van der Waals surface area contributed by atoms with Gasteiger partial charge in [-0.3, -0.25) is 14.9 Å². The highest BCUT2D eigenvalue weighted by molar-refractivity contribution is 6.39. The zero-order valence-corrected chi connectivity index (χ0v) is 19.2. The number of para-hydroxylation sites is 1. The van der Waals surface area contributed by atoms with Crippen molar-refractivity contribution in [1.29, 1.82) is 0 Å². The van der Waals surface area contributed by atoms with Gasteiger partial charge in [-0.2, -0.15) is 0 Å². The first-order chi connectivity index (χ1) is 17.0. The summed E-state index contributed by atoms with van der Waals surface area (Å²) in [6.45, 7) is 0.197. The summed E-state index contributed by atoms with van der Waals surface area (Å²) in [6, 6.07) is 26.3. The number of urea groups is 1. The molecule has 0 atom stereocenters. The average molecular weight is 483 g/mol. The molecule has 172 valence electrons. The van der Waals surface area contributed by atoms with Crippen molar-refractivity contribution in [2.45, 2.75) is 6.61 Å². The number of hydrogen-bond donors (Lipinski definition) is 1. The van der Waals surface area contributed by atoms with Crippen molar-refractivity contribution in [1.82, 2.24) is 5.32 Å². The van der Waals surface area contributed by atoms with Gasteiger partial charge in [-0.1, -0.05) is 78.3 Å². The number of hydrogen-bond acceptors (Lipinski definition) is 4. The minimum absolute atomic E-state index is 0.174. The number of nitrogens with zero attached hydrogens (tertiary/aromatic N) is 1. The number of imide groups is 2. The molecule has 6 nitrogen and oxygen atoms in total. The van der Waals surface area contributed by atoms with Crippen LogP contribution in [0.5, 0.6) is 5.75 Å². The van der Waals surface area contributed by atoms with Crippen molar-refractivity contribution in [2.75, 3.05) is 4.90 Å². The minimum Gasteiger partial charge on any atom is -0.488 e. The van der Waals surface area contributed by atoms with Gasteiger partial charge < -0.3 is 4.74 Å². The lowest BCUT2D eigenvalue weighted by atomic mass is 9.99. The molecule has 4 aromatic carbocycles. The van der Waals surface area contributed by atoms with Crippen LogP contribution in [0.2, 0.25) is 5.02 Å². The molecule has 35 heavy (non-hydrogen) atoms. The maximum absolute atomic E-state index is 13.3. The smallest absolute Gasteiger partial charge is 0.335 e. The van der Waals surface area contributed by atoms with Crippen LogP contribution >= 0.6 is 11.6 Å². The molecule has 1 aliphatic heterocycles. The van der Waals surface area contributed by atoms with E-state index in [0.717, 1.165) is 21.2 Å². The number of barbiturate groups is 1. The third-order valence-electron chi connectivity index (χ3n) is 5.68. The van der Waals surface area contributed by atoms with Gasteiger partial charge in [-0.05, 0) is 41.1 Å². The Bertz CT molecular complexity index is 1500. The predicted octanol–water partition coefficient (Wildman–Crippen LogP) is 5.74. The molecule has 1 heterocycles. The number of ether oxygens (including phenoxy) is 1. The lowest BCUT2D eigenvalue weighted by Gasteiger charge is -2.26. The Morgan fingerprint density at radius 2 is 1.54 bits per heavy atom.